The lowest BCUT2D eigenvalue weighted by Gasteiger charge is -2.23. The molecule has 3 nitrogen and oxygen atoms in total. The van der Waals surface area contributed by atoms with Crippen LogP contribution in [-0.4, -0.2) is 9.55 Å². The average molecular weight is 217 g/mol. The van der Waals surface area contributed by atoms with E-state index in [1.54, 1.807) is 0 Å². The van der Waals surface area contributed by atoms with Gasteiger partial charge in [-0.1, -0.05) is 26.2 Å². The number of nitrogens with two attached hydrogens (primary N) is 1. The molecule has 0 saturated heterocycles. The van der Waals surface area contributed by atoms with Gasteiger partial charge in [-0.15, -0.1) is 6.42 Å². The van der Waals surface area contributed by atoms with E-state index in [4.69, 9.17) is 17.1 Å². The van der Waals surface area contributed by atoms with Crippen molar-refractivity contribution in [2.75, 3.05) is 5.73 Å². The Morgan fingerprint density at radius 3 is 2.69 bits per heavy atom. The van der Waals surface area contributed by atoms with Crippen molar-refractivity contribution in [2.45, 2.75) is 51.5 Å². The highest BCUT2D eigenvalue weighted by atomic mass is 15.1. The summed E-state index contributed by atoms with van der Waals surface area (Å²) in [7, 11) is 0. The maximum atomic E-state index is 6.14. The molecule has 0 amide bonds. The van der Waals surface area contributed by atoms with E-state index < -0.39 is 0 Å². The fourth-order valence-electron chi connectivity index (χ4n) is 2.18. The lowest BCUT2D eigenvalue weighted by molar-refractivity contribution is 0.413. The summed E-state index contributed by atoms with van der Waals surface area (Å²) in [4.78, 5) is 4.69. The van der Waals surface area contributed by atoms with E-state index in [9.17, 15) is 0 Å². The van der Waals surface area contributed by atoms with E-state index in [1.165, 1.54) is 19.3 Å². The molecule has 0 radical (unpaired) electrons. The smallest absolute Gasteiger partial charge is 0.127 e. The molecule has 16 heavy (non-hydrogen) atoms. The number of hydrogen-bond acceptors (Lipinski definition) is 2. The molecule has 3 heteroatoms. The van der Waals surface area contributed by atoms with Crippen molar-refractivity contribution in [1.29, 1.82) is 0 Å². The van der Waals surface area contributed by atoms with Gasteiger partial charge >= 0.3 is 0 Å². The number of nitrogens with zero attached hydrogens (tertiary/aromatic N) is 2. The maximum absolute atomic E-state index is 6.14. The zero-order chi connectivity index (χ0) is 11.7. The van der Waals surface area contributed by atoms with Gasteiger partial charge in [0.2, 0.25) is 0 Å². The summed E-state index contributed by atoms with van der Waals surface area (Å²) in [6.07, 6.45) is 9.11. The first-order valence-corrected chi connectivity index (χ1v) is 5.94. The zero-order valence-electron chi connectivity index (χ0n) is 10.0. The fourth-order valence-corrected chi connectivity index (χ4v) is 2.18. The topological polar surface area (TPSA) is 43.8 Å². The minimum absolute atomic E-state index is 0.365. The van der Waals surface area contributed by atoms with Crippen LogP contribution in [0.3, 0.4) is 0 Å². The molecule has 1 saturated carbocycles. The third-order valence-corrected chi connectivity index (χ3v) is 3.32. The number of hydrogen-bond donors (Lipinski definition) is 1. The molecule has 2 N–H and O–H groups in total. The van der Waals surface area contributed by atoms with E-state index in [0.29, 0.717) is 18.4 Å². The van der Waals surface area contributed by atoms with E-state index in [1.807, 2.05) is 4.57 Å². The number of rotatable bonds is 3. The monoisotopic (exact) mass is 217 g/mol. The van der Waals surface area contributed by atoms with Gasteiger partial charge in [-0.3, -0.25) is 0 Å². The van der Waals surface area contributed by atoms with Gasteiger partial charge < -0.3 is 10.3 Å². The summed E-state index contributed by atoms with van der Waals surface area (Å²) < 4.78 is 1.98. The number of anilines is 1. The third-order valence-electron chi connectivity index (χ3n) is 3.32. The molecule has 2 rings (SSSR count). The average Bonchev–Trinajstić information content (AvgIpc) is 2.45. The molecular formula is C13H19N3. The first-order valence-electron chi connectivity index (χ1n) is 5.94. The van der Waals surface area contributed by atoms with Crippen molar-refractivity contribution in [2.24, 2.45) is 0 Å². The molecule has 0 aliphatic heterocycles. The van der Waals surface area contributed by atoms with Gasteiger partial charge in [-0.25, -0.2) is 4.98 Å². The number of nitrogen functional groups attached to an aromatic ring is 1. The molecule has 0 spiro atoms. The highest BCUT2D eigenvalue weighted by Crippen LogP contribution is 2.39. The van der Waals surface area contributed by atoms with Gasteiger partial charge in [0.15, 0.2) is 0 Å². The molecule has 86 valence electrons. The Kier molecular flexibility index (Phi) is 2.91. The largest absolute Gasteiger partial charge is 0.384 e. The molecule has 1 fully saturated rings. The first-order chi connectivity index (χ1) is 7.65. The second-order valence-electron chi connectivity index (χ2n) is 4.81. The van der Waals surface area contributed by atoms with Crippen LogP contribution in [0.1, 0.15) is 56.5 Å². The second kappa shape index (κ2) is 4.21. The minimum atomic E-state index is 0.365. The Bertz CT molecular complexity index is 419. The molecule has 1 aromatic rings. The van der Waals surface area contributed by atoms with Gasteiger partial charge in [0.25, 0.3) is 0 Å². The molecule has 1 aromatic heterocycles. The Morgan fingerprint density at radius 1 is 1.56 bits per heavy atom. The summed E-state index contributed by atoms with van der Waals surface area (Å²) in [5.41, 5.74) is 7.22. The van der Waals surface area contributed by atoms with Crippen LogP contribution in [0, 0.1) is 12.3 Å². The summed E-state index contributed by atoms with van der Waals surface area (Å²) in [6, 6.07) is 0. The summed E-state index contributed by atoms with van der Waals surface area (Å²) in [5.74, 6) is 5.39. The molecule has 0 unspecified atom stereocenters. The number of imidazole rings is 1. The number of terminal acetylenes is 1. The minimum Gasteiger partial charge on any atom is -0.384 e. The fraction of sp³-hybridized carbons (Fsp3) is 0.615. The molecule has 0 atom stereocenters. The predicted molar refractivity (Wildman–Crippen MR) is 66.2 cm³/mol. The van der Waals surface area contributed by atoms with Crippen LogP contribution in [0.4, 0.5) is 5.82 Å². The van der Waals surface area contributed by atoms with Crippen molar-refractivity contribution < 1.29 is 0 Å². The van der Waals surface area contributed by atoms with E-state index in [2.05, 4.69) is 19.8 Å². The van der Waals surface area contributed by atoms with Crippen LogP contribution < -0.4 is 5.73 Å². The highest BCUT2D eigenvalue weighted by molar-refractivity contribution is 5.42. The number of aromatic nitrogens is 2. The lowest BCUT2D eigenvalue weighted by Crippen LogP contribution is -2.12. The Balaban J connectivity index is 2.40. The van der Waals surface area contributed by atoms with Crippen molar-refractivity contribution in [1.82, 2.24) is 9.55 Å². The standard InChI is InChI=1S/C13H19N3/c1-4-8-16-12(14)11(10-6-5-7-10)15-13(16)9(2)3/h1,9-10H,5-8,14H2,2-3H3. The Morgan fingerprint density at radius 2 is 2.25 bits per heavy atom. The molecular weight excluding hydrogens is 198 g/mol. The third kappa shape index (κ3) is 1.69. The van der Waals surface area contributed by atoms with Crippen LogP contribution in [-0.2, 0) is 6.54 Å². The van der Waals surface area contributed by atoms with Gasteiger partial charge in [-0.2, -0.15) is 0 Å². The van der Waals surface area contributed by atoms with Crippen LogP contribution in [0.2, 0.25) is 0 Å². The van der Waals surface area contributed by atoms with Crippen LogP contribution in [0.25, 0.3) is 0 Å². The normalized spacial score (nSPS) is 16.1. The summed E-state index contributed by atoms with van der Waals surface area (Å²) >= 11 is 0. The highest BCUT2D eigenvalue weighted by Gasteiger charge is 2.27. The van der Waals surface area contributed by atoms with Crippen molar-refractivity contribution in [3.8, 4) is 12.3 Å². The van der Waals surface area contributed by atoms with Gasteiger partial charge in [0.05, 0.1) is 12.2 Å². The Hall–Kier alpha value is -1.43. The Labute approximate surface area is 97.1 Å². The lowest BCUT2D eigenvalue weighted by atomic mass is 9.83. The van der Waals surface area contributed by atoms with Crippen LogP contribution in [0.15, 0.2) is 0 Å². The van der Waals surface area contributed by atoms with Crippen molar-refractivity contribution in [3.05, 3.63) is 11.5 Å². The van der Waals surface area contributed by atoms with E-state index in [-0.39, 0.29) is 0 Å². The predicted octanol–water partition coefficient (Wildman–Crippen LogP) is 2.49. The van der Waals surface area contributed by atoms with Crippen LogP contribution >= 0.6 is 0 Å². The maximum Gasteiger partial charge on any atom is 0.127 e. The van der Waals surface area contributed by atoms with E-state index >= 15 is 0 Å². The van der Waals surface area contributed by atoms with Gasteiger partial charge in [0, 0.05) is 11.8 Å². The molecule has 1 aliphatic carbocycles. The van der Waals surface area contributed by atoms with Crippen molar-refractivity contribution in [3.63, 3.8) is 0 Å². The molecule has 1 heterocycles. The first kappa shape index (κ1) is 11.1. The summed E-state index contributed by atoms with van der Waals surface area (Å²) in [5, 5.41) is 0. The van der Waals surface area contributed by atoms with E-state index in [0.717, 1.165) is 17.3 Å². The zero-order valence-corrected chi connectivity index (χ0v) is 10.0. The molecule has 0 bridgehead atoms. The summed E-state index contributed by atoms with van der Waals surface area (Å²) in [6.45, 7) is 4.78. The van der Waals surface area contributed by atoms with Crippen LogP contribution in [0.5, 0.6) is 0 Å². The molecule has 1 aliphatic rings. The second-order valence-corrected chi connectivity index (χ2v) is 4.81. The quantitative estimate of drug-likeness (QED) is 0.790. The molecule has 0 aromatic carbocycles. The van der Waals surface area contributed by atoms with Crippen molar-refractivity contribution >= 4 is 5.82 Å². The SMILES string of the molecule is C#CCn1c(C(C)C)nc(C2CCC2)c1N. The van der Waals surface area contributed by atoms with Gasteiger partial charge in [-0.05, 0) is 12.8 Å². The van der Waals surface area contributed by atoms with Gasteiger partial charge in [0.1, 0.15) is 11.6 Å².